The third-order valence-electron chi connectivity index (χ3n) is 3.13. The molecule has 0 unspecified atom stereocenters. The van der Waals surface area contributed by atoms with E-state index in [1.54, 1.807) is 0 Å². The quantitative estimate of drug-likeness (QED) is 0.689. The Bertz CT molecular complexity index is 260. The van der Waals surface area contributed by atoms with Gasteiger partial charge in [-0.3, -0.25) is 9.59 Å². The molecule has 0 spiro atoms. The van der Waals surface area contributed by atoms with E-state index in [0.29, 0.717) is 25.4 Å². The highest BCUT2D eigenvalue weighted by Crippen LogP contribution is 2.20. The first-order valence-corrected chi connectivity index (χ1v) is 6.28. The molecule has 5 nitrogen and oxygen atoms in total. The molecule has 0 aromatic rings. The molecule has 1 saturated heterocycles. The molecule has 1 rings (SSSR count). The average molecular weight is 242 g/mol. The fraction of sp³-hybridized carbons (Fsp3) is 0.833. The zero-order valence-electron chi connectivity index (χ0n) is 10.5. The maximum Gasteiger partial charge on any atom is 0.307 e. The van der Waals surface area contributed by atoms with E-state index >= 15 is 0 Å². The van der Waals surface area contributed by atoms with Gasteiger partial charge in [0.15, 0.2) is 0 Å². The number of likely N-dealkylation sites (tertiary alicyclic amines) is 1. The number of primary amides is 1. The predicted octanol–water partition coefficient (Wildman–Crippen LogP) is 0.527. The van der Waals surface area contributed by atoms with Crippen molar-refractivity contribution in [2.24, 2.45) is 11.7 Å². The number of rotatable bonds is 6. The summed E-state index contributed by atoms with van der Waals surface area (Å²) in [6.45, 7) is 4.89. The Morgan fingerprint density at radius 1 is 1.35 bits per heavy atom. The van der Waals surface area contributed by atoms with E-state index in [9.17, 15) is 9.59 Å². The maximum absolute atomic E-state index is 11.2. The molecule has 5 heteroatoms. The molecular weight excluding hydrogens is 220 g/mol. The van der Waals surface area contributed by atoms with Crippen LogP contribution in [-0.4, -0.2) is 43.0 Å². The standard InChI is InChI=1S/C12H22N2O3/c1-2-17-12(16)5-8-14-6-3-10(4-7-14)9-11(13)15/h10H,2-9H2,1H3,(H2,13,15). The fourth-order valence-corrected chi connectivity index (χ4v) is 2.18. The van der Waals surface area contributed by atoms with Gasteiger partial charge in [-0.2, -0.15) is 0 Å². The number of carbonyl (C=O) groups excluding carboxylic acids is 2. The third kappa shape index (κ3) is 5.68. The molecule has 0 aromatic heterocycles. The highest BCUT2D eigenvalue weighted by molar-refractivity contribution is 5.74. The van der Waals surface area contributed by atoms with E-state index in [-0.39, 0.29) is 11.9 Å². The number of ether oxygens (including phenoxy) is 1. The van der Waals surface area contributed by atoms with Crippen LogP contribution >= 0.6 is 0 Å². The monoisotopic (exact) mass is 242 g/mol. The second-order valence-electron chi connectivity index (χ2n) is 4.51. The Morgan fingerprint density at radius 2 is 2.00 bits per heavy atom. The van der Waals surface area contributed by atoms with Gasteiger partial charge in [-0.1, -0.05) is 0 Å². The number of nitrogens with two attached hydrogens (primary N) is 1. The SMILES string of the molecule is CCOC(=O)CCN1CCC(CC(N)=O)CC1. The summed E-state index contributed by atoms with van der Waals surface area (Å²) in [5.74, 6) is 0.0769. The van der Waals surface area contributed by atoms with Crippen molar-refractivity contribution >= 4 is 11.9 Å². The Balaban J connectivity index is 2.14. The van der Waals surface area contributed by atoms with Crippen LogP contribution in [0, 0.1) is 5.92 Å². The minimum Gasteiger partial charge on any atom is -0.466 e. The summed E-state index contributed by atoms with van der Waals surface area (Å²) in [4.78, 5) is 24.2. The Morgan fingerprint density at radius 3 is 2.53 bits per heavy atom. The molecule has 0 bridgehead atoms. The zero-order chi connectivity index (χ0) is 12.7. The summed E-state index contributed by atoms with van der Waals surface area (Å²) >= 11 is 0. The van der Waals surface area contributed by atoms with E-state index in [0.717, 1.165) is 32.5 Å². The van der Waals surface area contributed by atoms with Crippen molar-refractivity contribution in [3.63, 3.8) is 0 Å². The Labute approximate surface area is 102 Å². The Kier molecular flexibility index (Phi) is 5.97. The summed E-state index contributed by atoms with van der Waals surface area (Å²) < 4.78 is 4.88. The summed E-state index contributed by atoms with van der Waals surface area (Å²) in [6.07, 6.45) is 2.93. The van der Waals surface area contributed by atoms with Crippen LogP contribution in [0.3, 0.4) is 0 Å². The van der Waals surface area contributed by atoms with Crippen molar-refractivity contribution in [2.45, 2.75) is 32.6 Å². The van der Waals surface area contributed by atoms with Gasteiger partial charge in [0.2, 0.25) is 5.91 Å². The molecule has 1 amide bonds. The van der Waals surface area contributed by atoms with Crippen molar-refractivity contribution in [3.05, 3.63) is 0 Å². The van der Waals surface area contributed by atoms with Crippen molar-refractivity contribution in [3.8, 4) is 0 Å². The summed E-state index contributed by atoms with van der Waals surface area (Å²) in [6, 6.07) is 0. The molecule has 1 aliphatic rings. The van der Waals surface area contributed by atoms with Crippen LogP contribution in [0.4, 0.5) is 0 Å². The number of nitrogens with zero attached hydrogens (tertiary/aromatic N) is 1. The maximum atomic E-state index is 11.2. The molecule has 0 aromatic carbocycles. The molecule has 17 heavy (non-hydrogen) atoms. The summed E-state index contributed by atoms with van der Waals surface area (Å²) in [5, 5.41) is 0. The van der Waals surface area contributed by atoms with E-state index in [4.69, 9.17) is 10.5 Å². The molecule has 0 aliphatic carbocycles. The molecule has 0 saturated carbocycles. The molecule has 1 heterocycles. The second-order valence-corrected chi connectivity index (χ2v) is 4.51. The summed E-state index contributed by atoms with van der Waals surface area (Å²) in [5.41, 5.74) is 5.18. The van der Waals surface area contributed by atoms with Crippen LogP contribution in [-0.2, 0) is 14.3 Å². The topological polar surface area (TPSA) is 72.6 Å². The van der Waals surface area contributed by atoms with E-state index in [1.807, 2.05) is 6.92 Å². The fourth-order valence-electron chi connectivity index (χ4n) is 2.18. The number of carbonyl (C=O) groups is 2. The first kappa shape index (κ1) is 14.0. The molecule has 0 atom stereocenters. The lowest BCUT2D eigenvalue weighted by molar-refractivity contribution is -0.143. The minimum atomic E-state index is -0.213. The number of esters is 1. The molecular formula is C12H22N2O3. The van der Waals surface area contributed by atoms with Crippen molar-refractivity contribution < 1.29 is 14.3 Å². The highest BCUT2D eigenvalue weighted by Gasteiger charge is 2.20. The molecule has 0 radical (unpaired) electrons. The van der Waals surface area contributed by atoms with Crippen LogP contribution in [0.5, 0.6) is 0 Å². The van der Waals surface area contributed by atoms with Gasteiger partial charge in [0, 0.05) is 13.0 Å². The summed E-state index contributed by atoms with van der Waals surface area (Å²) in [7, 11) is 0. The average Bonchev–Trinajstić information content (AvgIpc) is 2.28. The molecule has 2 N–H and O–H groups in total. The van der Waals surface area contributed by atoms with Crippen LogP contribution < -0.4 is 5.73 Å². The van der Waals surface area contributed by atoms with Gasteiger partial charge in [-0.25, -0.2) is 0 Å². The van der Waals surface area contributed by atoms with Gasteiger partial charge < -0.3 is 15.4 Å². The van der Waals surface area contributed by atoms with Crippen LogP contribution in [0.2, 0.25) is 0 Å². The van der Waals surface area contributed by atoms with Gasteiger partial charge in [-0.15, -0.1) is 0 Å². The largest absolute Gasteiger partial charge is 0.466 e. The number of amides is 1. The molecule has 98 valence electrons. The number of hydrogen-bond donors (Lipinski definition) is 1. The van der Waals surface area contributed by atoms with Gasteiger partial charge >= 0.3 is 5.97 Å². The van der Waals surface area contributed by atoms with Gasteiger partial charge in [0.25, 0.3) is 0 Å². The normalized spacial score (nSPS) is 17.9. The van der Waals surface area contributed by atoms with E-state index < -0.39 is 0 Å². The zero-order valence-corrected chi connectivity index (χ0v) is 10.5. The van der Waals surface area contributed by atoms with E-state index in [1.165, 1.54) is 0 Å². The van der Waals surface area contributed by atoms with Crippen LogP contribution in [0.15, 0.2) is 0 Å². The second kappa shape index (κ2) is 7.27. The Hall–Kier alpha value is -1.10. The first-order valence-electron chi connectivity index (χ1n) is 6.28. The lowest BCUT2D eigenvalue weighted by Gasteiger charge is -2.31. The van der Waals surface area contributed by atoms with Crippen molar-refractivity contribution in [1.82, 2.24) is 4.90 Å². The number of hydrogen-bond acceptors (Lipinski definition) is 4. The minimum absolute atomic E-state index is 0.133. The van der Waals surface area contributed by atoms with Crippen LogP contribution in [0.1, 0.15) is 32.6 Å². The first-order chi connectivity index (χ1) is 8.11. The third-order valence-corrected chi connectivity index (χ3v) is 3.13. The predicted molar refractivity (Wildman–Crippen MR) is 64.2 cm³/mol. The lowest BCUT2D eigenvalue weighted by Crippen LogP contribution is -2.36. The van der Waals surface area contributed by atoms with Gasteiger partial charge in [0.1, 0.15) is 0 Å². The highest BCUT2D eigenvalue weighted by atomic mass is 16.5. The molecule has 1 aliphatic heterocycles. The molecule has 1 fully saturated rings. The van der Waals surface area contributed by atoms with Gasteiger partial charge in [0.05, 0.1) is 13.0 Å². The van der Waals surface area contributed by atoms with Gasteiger partial charge in [-0.05, 0) is 38.8 Å². The van der Waals surface area contributed by atoms with Crippen molar-refractivity contribution in [1.29, 1.82) is 0 Å². The number of piperidine rings is 1. The van der Waals surface area contributed by atoms with Crippen LogP contribution in [0.25, 0.3) is 0 Å². The lowest BCUT2D eigenvalue weighted by atomic mass is 9.93. The smallest absolute Gasteiger partial charge is 0.307 e. The van der Waals surface area contributed by atoms with E-state index in [2.05, 4.69) is 4.90 Å². The van der Waals surface area contributed by atoms with Crippen molar-refractivity contribution in [2.75, 3.05) is 26.2 Å².